The number of carbonyl (C=O) groups excluding carboxylic acids is 1. The molecular formula is C15H27NO6. The van der Waals surface area contributed by atoms with Crippen LogP contribution in [0.2, 0.25) is 0 Å². The van der Waals surface area contributed by atoms with Crippen molar-refractivity contribution in [3.63, 3.8) is 0 Å². The molecule has 0 aromatic heterocycles. The maximum atomic E-state index is 11.4. The van der Waals surface area contributed by atoms with E-state index in [1.54, 1.807) is 0 Å². The van der Waals surface area contributed by atoms with E-state index in [2.05, 4.69) is 11.9 Å². The Morgan fingerprint density at radius 2 is 2.18 bits per heavy atom. The van der Waals surface area contributed by atoms with Crippen LogP contribution < -0.4 is 5.32 Å². The second-order valence-electron chi connectivity index (χ2n) is 5.87. The van der Waals surface area contributed by atoms with Crippen molar-refractivity contribution in [2.45, 2.75) is 44.7 Å². The van der Waals surface area contributed by atoms with Crippen LogP contribution in [0.3, 0.4) is 0 Å². The number of amides is 1. The van der Waals surface area contributed by atoms with Gasteiger partial charge in [-0.05, 0) is 5.92 Å². The zero-order chi connectivity index (χ0) is 16.7. The molecular weight excluding hydrogens is 290 g/mol. The number of nitrogens with one attached hydrogen (secondary N) is 1. The van der Waals surface area contributed by atoms with Crippen molar-refractivity contribution in [3.8, 4) is 0 Å². The minimum absolute atomic E-state index is 0.0148. The Balaban J connectivity index is 2.60. The highest BCUT2D eigenvalue weighted by atomic mass is 16.6. The fraction of sp³-hybridized carbons (Fsp3) is 0.800. The summed E-state index contributed by atoms with van der Waals surface area (Å²) in [5.74, 6) is 0.0287. The largest absolute Gasteiger partial charge is 0.445 e. The molecule has 0 saturated carbocycles. The monoisotopic (exact) mass is 317 g/mol. The lowest BCUT2D eigenvalue weighted by molar-refractivity contribution is -0.186. The maximum Gasteiger partial charge on any atom is 0.407 e. The van der Waals surface area contributed by atoms with E-state index in [4.69, 9.17) is 9.47 Å². The Bertz CT molecular complexity index is 362. The fourth-order valence-electron chi connectivity index (χ4n) is 2.56. The SMILES string of the molecule is C=CCOC(=O)NCC1O[C@@H]([C@H](CO)C(C)C)CC(O)[C@@H]1O. The Morgan fingerprint density at radius 3 is 2.73 bits per heavy atom. The van der Waals surface area contributed by atoms with Crippen molar-refractivity contribution in [2.24, 2.45) is 11.8 Å². The summed E-state index contributed by atoms with van der Waals surface area (Å²) in [6.45, 7) is 7.39. The first-order valence-electron chi connectivity index (χ1n) is 7.54. The van der Waals surface area contributed by atoms with Crippen LogP contribution in [0.15, 0.2) is 12.7 Å². The first kappa shape index (κ1) is 18.9. The van der Waals surface area contributed by atoms with Gasteiger partial charge in [-0.3, -0.25) is 0 Å². The van der Waals surface area contributed by atoms with Crippen LogP contribution in [0.25, 0.3) is 0 Å². The topological polar surface area (TPSA) is 108 Å². The third-order valence-electron chi connectivity index (χ3n) is 3.92. The number of aliphatic hydroxyl groups excluding tert-OH is 3. The highest BCUT2D eigenvalue weighted by Gasteiger charge is 2.40. The van der Waals surface area contributed by atoms with Crippen LogP contribution in [0.5, 0.6) is 0 Å². The van der Waals surface area contributed by atoms with Gasteiger partial charge in [0.25, 0.3) is 0 Å². The van der Waals surface area contributed by atoms with Crippen LogP contribution >= 0.6 is 0 Å². The van der Waals surface area contributed by atoms with Gasteiger partial charge in [0.1, 0.15) is 18.8 Å². The van der Waals surface area contributed by atoms with E-state index in [0.29, 0.717) is 0 Å². The summed E-state index contributed by atoms with van der Waals surface area (Å²) in [6.07, 6.45) is -2.13. The van der Waals surface area contributed by atoms with Gasteiger partial charge < -0.3 is 30.1 Å². The molecule has 5 atom stereocenters. The maximum absolute atomic E-state index is 11.4. The molecule has 0 aromatic carbocycles. The summed E-state index contributed by atoms with van der Waals surface area (Å²) >= 11 is 0. The summed E-state index contributed by atoms with van der Waals surface area (Å²) in [5, 5.41) is 31.9. The molecule has 0 spiro atoms. The predicted octanol–water partition coefficient (Wildman–Crippen LogP) is 0.0424. The summed E-state index contributed by atoms with van der Waals surface area (Å²) in [7, 11) is 0. The first-order chi connectivity index (χ1) is 10.4. The lowest BCUT2D eigenvalue weighted by atomic mass is 9.84. The summed E-state index contributed by atoms with van der Waals surface area (Å²) in [6, 6.07) is 0. The van der Waals surface area contributed by atoms with Gasteiger partial charge in [0.15, 0.2) is 0 Å². The number of rotatable bonds is 7. The Morgan fingerprint density at radius 1 is 1.50 bits per heavy atom. The van der Waals surface area contributed by atoms with E-state index >= 15 is 0 Å². The number of ether oxygens (including phenoxy) is 2. The van der Waals surface area contributed by atoms with E-state index in [-0.39, 0.29) is 44.1 Å². The molecule has 1 fully saturated rings. The molecule has 0 aliphatic carbocycles. The summed E-state index contributed by atoms with van der Waals surface area (Å²) in [5.41, 5.74) is 0. The third kappa shape index (κ3) is 5.24. The predicted molar refractivity (Wildman–Crippen MR) is 80.3 cm³/mol. The minimum atomic E-state index is -1.09. The lowest BCUT2D eigenvalue weighted by Crippen LogP contribution is -2.55. The Kier molecular flexibility index (Phi) is 7.81. The number of aliphatic hydroxyl groups is 3. The van der Waals surface area contributed by atoms with Gasteiger partial charge in [-0.25, -0.2) is 4.79 Å². The molecule has 2 unspecified atom stereocenters. The average molecular weight is 317 g/mol. The number of hydrogen-bond acceptors (Lipinski definition) is 6. The van der Waals surface area contributed by atoms with Crippen molar-refractivity contribution >= 4 is 6.09 Å². The van der Waals surface area contributed by atoms with Gasteiger partial charge in [0.2, 0.25) is 0 Å². The molecule has 0 bridgehead atoms. The van der Waals surface area contributed by atoms with Gasteiger partial charge in [0.05, 0.1) is 12.2 Å². The van der Waals surface area contributed by atoms with Crippen molar-refractivity contribution in [2.75, 3.05) is 19.8 Å². The highest BCUT2D eigenvalue weighted by Crippen LogP contribution is 2.29. The highest BCUT2D eigenvalue weighted by molar-refractivity contribution is 5.67. The summed E-state index contributed by atoms with van der Waals surface area (Å²) in [4.78, 5) is 11.4. The molecule has 4 N–H and O–H groups in total. The van der Waals surface area contributed by atoms with Crippen molar-refractivity contribution in [1.29, 1.82) is 0 Å². The smallest absolute Gasteiger partial charge is 0.407 e. The average Bonchev–Trinajstić information content (AvgIpc) is 2.47. The van der Waals surface area contributed by atoms with Crippen LogP contribution in [0.1, 0.15) is 20.3 Å². The van der Waals surface area contributed by atoms with Crippen LogP contribution in [-0.4, -0.2) is 65.6 Å². The Labute approximate surface area is 130 Å². The molecule has 0 radical (unpaired) electrons. The van der Waals surface area contributed by atoms with Gasteiger partial charge in [-0.1, -0.05) is 26.5 Å². The minimum Gasteiger partial charge on any atom is -0.445 e. The molecule has 1 aliphatic heterocycles. The second-order valence-corrected chi connectivity index (χ2v) is 5.87. The Hall–Kier alpha value is -1.15. The van der Waals surface area contributed by atoms with E-state index in [9.17, 15) is 20.1 Å². The normalized spacial score (nSPS) is 29.9. The zero-order valence-electron chi connectivity index (χ0n) is 13.1. The van der Waals surface area contributed by atoms with Crippen molar-refractivity contribution in [1.82, 2.24) is 5.32 Å². The quantitative estimate of drug-likeness (QED) is 0.494. The number of carbonyl (C=O) groups is 1. The van der Waals surface area contributed by atoms with E-state index in [1.165, 1.54) is 6.08 Å². The number of alkyl carbamates (subject to hydrolysis) is 1. The molecule has 1 aliphatic rings. The van der Waals surface area contributed by atoms with E-state index in [1.807, 2.05) is 13.8 Å². The van der Waals surface area contributed by atoms with Gasteiger partial charge >= 0.3 is 6.09 Å². The van der Waals surface area contributed by atoms with Crippen LogP contribution in [0.4, 0.5) is 4.79 Å². The van der Waals surface area contributed by atoms with Crippen LogP contribution in [0, 0.1) is 11.8 Å². The molecule has 1 amide bonds. The molecule has 1 heterocycles. The third-order valence-corrected chi connectivity index (χ3v) is 3.92. The molecule has 0 aromatic rings. The fourth-order valence-corrected chi connectivity index (χ4v) is 2.56. The lowest BCUT2D eigenvalue weighted by Gasteiger charge is -2.41. The van der Waals surface area contributed by atoms with E-state index < -0.39 is 24.4 Å². The van der Waals surface area contributed by atoms with Gasteiger partial charge in [-0.15, -0.1) is 0 Å². The molecule has 7 heteroatoms. The molecule has 22 heavy (non-hydrogen) atoms. The second kappa shape index (κ2) is 9.09. The van der Waals surface area contributed by atoms with Gasteiger partial charge in [0, 0.05) is 25.5 Å². The van der Waals surface area contributed by atoms with Crippen molar-refractivity contribution in [3.05, 3.63) is 12.7 Å². The number of hydrogen-bond donors (Lipinski definition) is 4. The summed E-state index contributed by atoms with van der Waals surface area (Å²) < 4.78 is 10.5. The molecule has 1 rings (SSSR count). The van der Waals surface area contributed by atoms with E-state index in [0.717, 1.165) is 0 Å². The van der Waals surface area contributed by atoms with Crippen molar-refractivity contribution < 1.29 is 29.6 Å². The van der Waals surface area contributed by atoms with Crippen LogP contribution in [-0.2, 0) is 9.47 Å². The zero-order valence-corrected chi connectivity index (χ0v) is 13.1. The molecule has 128 valence electrons. The molecule has 1 saturated heterocycles. The standard InChI is InChI=1S/C15H27NO6/c1-4-5-21-15(20)16-7-13-14(19)11(18)6-12(22-13)10(8-17)9(2)3/h4,9-14,17-19H,1,5-8H2,2-3H3,(H,16,20)/t10-,11?,12-,13?,14+/m1/s1. The van der Waals surface area contributed by atoms with Gasteiger partial charge in [-0.2, -0.15) is 0 Å². The first-order valence-corrected chi connectivity index (χ1v) is 7.54. The molecule has 7 nitrogen and oxygen atoms in total.